The highest BCUT2D eigenvalue weighted by Crippen LogP contribution is 2.17. The molecule has 2 aromatic carbocycles. The van der Waals surface area contributed by atoms with Gasteiger partial charge in [-0.05, 0) is 29.3 Å². The van der Waals surface area contributed by atoms with Crippen LogP contribution in [0.4, 0.5) is 4.79 Å². The van der Waals surface area contributed by atoms with Gasteiger partial charge in [0.05, 0.1) is 6.26 Å². The van der Waals surface area contributed by atoms with E-state index < -0.39 is 0 Å². The Bertz CT molecular complexity index is 798. The standard InChI is InChI=1S/C17H15BrN2O2/c18-15-4-2-1-3-14(15)11-20-17(21)19-10-12-5-6-13-7-8-22-16(13)9-12/h1-9H,10-11H2,(H2,19,20,21). The second-order valence-corrected chi connectivity index (χ2v) is 5.77. The van der Waals surface area contributed by atoms with Gasteiger partial charge in [0.1, 0.15) is 5.58 Å². The normalized spacial score (nSPS) is 10.6. The van der Waals surface area contributed by atoms with Crippen LogP contribution in [0.3, 0.4) is 0 Å². The molecule has 2 N–H and O–H groups in total. The van der Waals surface area contributed by atoms with E-state index in [0.717, 1.165) is 26.6 Å². The SMILES string of the molecule is O=C(NCc1ccc2ccoc2c1)NCc1ccccc1Br. The summed E-state index contributed by atoms with van der Waals surface area (Å²) in [5, 5.41) is 6.73. The molecule has 2 amide bonds. The maximum absolute atomic E-state index is 11.9. The number of halogens is 1. The van der Waals surface area contributed by atoms with Gasteiger partial charge >= 0.3 is 6.03 Å². The Morgan fingerprint density at radius 1 is 1.05 bits per heavy atom. The molecule has 0 bridgehead atoms. The first-order valence-corrected chi connectivity index (χ1v) is 7.73. The first-order chi connectivity index (χ1) is 10.7. The quantitative estimate of drug-likeness (QED) is 0.734. The second kappa shape index (κ2) is 6.66. The van der Waals surface area contributed by atoms with Gasteiger partial charge in [-0.2, -0.15) is 0 Å². The van der Waals surface area contributed by atoms with Crippen molar-refractivity contribution in [3.8, 4) is 0 Å². The predicted octanol–water partition coefficient (Wildman–Crippen LogP) is 4.19. The summed E-state index contributed by atoms with van der Waals surface area (Å²) in [5.74, 6) is 0. The summed E-state index contributed by atoms with van der Waals surface area (Å²) in [6.45, 7) is 0.933. The van der Waals surface area contributed by atoms with Gasteiger partial charge in [0.15, 0.2) is 0 Å². The minimum atomic E-state index is -0.199. The van der Waals surface area contributed by atoms with Crippen LogP contribution in [0.15, 0.2) is 63.7 Å². The third-order valence-corrected chi connectivity index (χ3v) is 4.14. The largest absolute Gasteiger partial charge is 0.464 e. The Morgan fingerprint density at radius 2 is 1.86 bits per heavy atom. The maximum Gasteiger partial charge on any atom is 0.315 e. The van der Waals surface area contributed by atoms with Gasteiger partial charge in [-0.15, -0.1) is 0 Å². The predicted molar refractivity (Wildman–Crippen MR) is 89.4 cm³/mol. The van der Waals surface area contributed by atoms with E-state index in [1.54, 1.807) is 6.26 Å². The Labute approximate surface area is 136 Å². The van der Waals surface area contributed by atoms with Gasteiger partial charge in [-0.1, -0.05) is 46.3 Å². The van der Waals surface area contributed by atoms with Crippen LogP contribution in [0.1, 0.15) is 11.1 Å². The molecule has 0 aliphatic rings. The van der Waals surface area contributed by atoms with Crippen LogP contribution in [0.5, 0.6) is 0 Å². The number of carbonyl (C=O) groups excluding carboxylic acids is 1. The summed E-state index contributed by atoms with van der Waals surface area (Å²) in [6, 6.07) is 15.4. The lowest BCUT2D eigenvalue weighted by Gasteiger charge is -2.09. The average molecular weight is 359 g/mol. The number of rotatable bonds is 4. The summed E-state index contributed by atoms with van der Waals surface area (Å²) < 4.78 is 6.34. The summed E-state index contributed by atoms with van der Waals surface area (Å²) in [7, 11) is 0. The van der Waals surface area contributed by atoms with Crippen molar-refractivity contribution in [2.24, 2.45) is 0 Å². The molecule has 22 heavy (non-hydrogen) atoms. The molecule has 0 aliphatic heterocycles. The van der Waals surface area contributed by atoms with Crippen LogP contribution in [0.2, 0.25) is 0 Å². The molecule has 0 unspecified atom stereocenters. The zero-order valence-corrected chi connectivity index (χ0v) is 13.4. The van der Waals surface area contributed by atoms with E-state index in [9.17, 15) is 4.79 Å². The van der Waals surface area contributed by atoms with E-state index in [4.69, 9.17) is 4.42 Å². The Hall–Kier alpha value is -2.27. The van der Waals surface area contributed by atoms with Gasteiger partial charge < -0.3 is 15.1 Å². The van der Waals surface area contributed by atoms with Gasteiger partial charge in [0, 0.05) is 22.9 Å². The van der Waals surface area contributed by atoms with Crippen molar-refractivity contribution in [3.63, 3.8) is 0 Å². The zero-order valence-electron chi connectivity index (χ0n) is 11.8. The number of nitrogens with one attached hydrogen (secondary N) is 2. The molecular formula is C17H15BrN2O2. The summed E-state index contributed by atoms with van der Waals surface area (Å²) in [6.07, 6.45) is 1.66. The minimum Gasteiger partial charge on any atom is -0.464 e. The molecule has 0 saturated carbocycles. The molecule has 0 fully saturated rings. The van der Waals surface area contributed by atoms with Crippen LogP contribution in [0.25, 0.3) is 11.0 Å². The van der Waals surface area contributed by atoms with Gasteiger partial charge in [-0.25, -0.2) is 4.79 Å². The lowest BCUT2D eigenvalue weighted by atomic mass is 10.2. The van der Waals surface area contributed by atoms with Crippen molar-refractivity contribution < 1.29 is 9.21 Å². The Balaban J connectivity index is 1.52. The molecule has 0 saturated heterocycles. The number of furan rings is 1. The van der Waals surface area contributed by atoms with Crippen molar-refractivity contribution in [3.05, 3.63) is 70.4 Å². The number of benzene rings is 2. The fourth-order valence-electron chi connectivity index (χ4n) is 2.17. The molecule has 3 rings (SSSR count). The molecule has 5 heteroatoms. The van der Waals surface area contributed by atoms with Crippen LogP contribution >= 0.6 is 15.9 Å². The molecule has 0 radical (unpaired) electrons. The lowest BCUT2D eigenvalue weighted by Crippen LogP contribution is -2.34. The van der Waals surface area contributed by atoms with Gasteiger partial charge in [0.2, 0.25) is 0 Å². The number of hydrogen-bond acceptors (Lipinski definition) is 2. The van der Waals surface area contributed by atoms with E-state index >= 15 is 0 Å². The van der Waals surface area contributed by atoms with Crippen molar-refractivity contribution in [1.29, 1.82) is 0 Å². The Morgan fingerprint density at radius 3 is 2.73 bits per heavy atom. The number of amides is 2. The number of carbonyl (C=O) groups is 1. The van der Waals surface area contributed by atoms with Gasteiger partial charge in [0.25, 0.3) is 0 Å². The fourth-order valence-corrected chi connectivity index (χ4v) is 2.60. The van der Waals surface area contributed by atoms with Crippen LogP contribution in [-0.2, 0) is 13.1 Å². The first-order valence-electron chi connectivity index (χ1n) is 6.93. The molecule has 4 nitrogen and oxygen atoms in total. The fraction of sp³-hybridized carbons (Fsp3) is 0.118. The highest BCUT2D eigenvalue weighted by Gasteiger charge is 2.04. The average Bonchev–Trinajstić information content (AvgIpc) is 2.99. The molecule has 0 aliphatic carbocycles. The molecular weight excluding hydrogens is 344 g/mol. The van der Waals surface area contributed by atoms with E-state index in [1.165, 1.54) is 0 Å². The highest BCUT2D eigenvalue weighted by molar-refractivity contribution is 9.10. The first kappa shape index (κ1) is 14.7. The van der Waals surface area contributed by atoms with Crippen LogP contribution in [0, 0.1) is 0 Å². The summed E-state index contributed by atoms with van der Waals surface area (Å²) in [5.41, 5.74) is 2.86. The monoisotopic (exact) mass is 358 g/mol. The number of fused-ring (bicyclic) bond motifs is 1. The molecule has 1 heterocycles. The summed E-state index contributed by atoms with van der Waals surface area (Å²) in [4.78, 5) is 11.9. The maximum atomic E-state index is 11.9. The van der Waals surface area contributed by atoms with E-state index in [-0.39, 0.29) is 6.03 Å². The third-order valence-electron chi connectivity index (χ3n) is 3.37. The van der Waals surface area contributed by atoms with Crippen molar-refractivity contribution >= 4 is 32.9 Å². The molecule has 0 spiro atoms. The minimum absolute atomic E-state index is 0.199. The van der Waals surface area contributed by atoms with E-state index in [2.05, 4.69) is 26.6 Å². The smallest absolute Gasteiger partial charge is 0.315 e. The van der Waals surface area contributed by atoms with Gasteiger partial charge in [-0.3, -0.25) is 0 Å². The Kier molecular flexibility index (Phi) is 4.44. The summed E-state index contributed by atoms with van der Waals surface area (Å²) >= 11 is 3.46. The van der Waals surface area contributed by atoms with Crippen LogP contribution in [-0.4, -0.2) is 6.03 Å². The molecule has 0 atom stereocenters. The van der Waals surface area contributed by atoms with Crippen molar-refractivity contribution in [2.45, 2.75) is 13.1 Å². The second-order valence-electron chi connectivity index (χ2n) is 4.92. The topological polar surface area (TPSA) is 54.3 Å². The van der Waals surface area contributed by atoms with Crippen LogP contribution < -0.4 is 10.6 Å². The van der Waals surface area contributed by atoms with Crippen molar-refractivity contribution in [1.82, 2.24) is 10.6 Å². The zero-order chi connectivity index (χ0) is 15.4. The highest BCUT2D eigenvalue weighted by atomic mass is 79.9. The number of hydrogen-bond donors (Lipinski definition) is 2. The number of urea groups is 1. The van der Waals surface area contributed by atoms with E-state index in [0.29, 0.717) is 13.1 Å². The van der Waals surface area contributed by atoms with E-state index in [1.807, 2.05) is 48.5 Å². The molecule has 112 valence electrons. The lowest BCUT2D eigenvalue weighted by molar-refractivity contribution is 0.240. The van der Waals surface area contributed by atoms with Crippen molar-refractivity contribution in [2.75, 3.05) is 0 Å². The molecule has 1 aromatic heterocycles. The molecule has 3 aromatic rings. The third kappa shape index (κ3) is 3.49.